The number of methoxy groups -OCH3 is 1. The average Bonchev–Trinajstić information content (AvgIpc) is 2.30. The second-order valence-electron chi connectivity index (χ2n) is 3.66. The molecular weight excluding hydrogens is 236 g/mol. The van der Waals surface area contributed by atoms with Gasteiger partial charge in [-0.1, -0.05) is 6.07 Å². The maximum atomic E-state index is 11.6. The van der Waals surface area contributed by atoms with Crippen LogP contribution in [0.4, 0.5) is 11.4 Å². The molecule has 94 valence electrons. The third-order valence-corrected chi connectivity index (χ3v) is 3.15. The monoisotopic (exact) mass is 254 g/mol. The third kappa shape index (κ3) is 5.10. The van der Waals surface area contributed by atoms with E-state index in [9.17, 15) is 4.79 Å². The molecular formula is C12H18N2O2S. The third-order valence-electron chi connectivity index (χ3n) is 2.23. The summed E-state index contributed by atoms with van der Waals surface area (Å²) in [6.45, 7) is 2.59. The summed E-state index contributed by atoms with van der Waals surface area (Å²) in [6.07, 6.45) is 0. The van der Waals surface area contributed by atoms with E-state index < -0.39 is 0 Å². The topological polar surface area (TPSA) is 64.3 Å². The van der Waals surface area contributed by atoms with Crippen molar-refractivity contribution >= 4 is 29.0 Å². The summed E-state index contributed by atoms with van der Waals surface area (Å²) in [6, 6.07) is 5.51. The van der Waals surface area contributed by atoms with Crippen molar-refractivity contribution in [1.82, 2.24) is 0 Å². The molecule has 0 aliphatic heterocycles. The smallest absolute Gasteiger partial charge is 0.234 e. The number of nitrogen functional groups attached to an aromatic ring is 1. The number of thioether (sulfide) groups is 1. The molecule has 3 N–H and O–H groups in total. The molecule has 0 saturated carbocycles. The number of benzene rings is 1. The number of amides is 1. The van der Waals surface area contributed by atoms with Gasteiger partial charge in [0.1, 0.15) is 0 Å². The molecule has 1 aromatic carbocycles. The fraction of sp³-hybridized carbons (Fsp3) is 0.417. The number of aryl methyl sites for hydroxylation is 1. The fourth-order valence-corrected chi connectivity index (χ4v) is 1.91. The van der Waals surface area contributed by atoms with E-state index in [0.29, 0.717) is 18.0 Å². The van der Waals surface area contributed by atoms with Crippen LogP contribution in [0.1, 0.15) is 5.56 Å². The Balaban J connectivity index is 2.37. The minimum atomic E-state index is -0.0191. The number of anilines is 2. The van der Waals surface area contributed by atoms with Crippen LogP contribution in [0.2, 0.25) is 0 Å². The predicted octanol–water partition coefficient (Wildman–Crippen LogP) is 1.90. The van der Waals surface area contributed by atoms with Crippen LogP contribution >= 0.6 is 11.8 Å². The van der Waals surface area contributed by atoms with Gasteiger partial charge in [0.05, 0.1) is 12.4 Å². The van der Waals surface area contributed by atoms with Crippen molar-refractivity contribution < 1.29 is 9.53 Å². The molecule has 0 atom stereocenters. The number of carbonyl (C=O) groups is 1. The summed E-state index contributed by atoms with van der Waals surface area (Å²) in [7, 11) is 1.65. The first-order chi connectivity index (χ1) is 8.13. The van der Waals surface area contributed by atoms with Crippen molar-refractivity contribution in [2.45, 2.75) is 6.92 Å². The van der Waals surface area contributed by atoms with Gasteiger partial charge in [-0.25, -0.2) is 0 Å². The molecule has 0 spiro atoms. The second-order valence-corrected chi connectivity index (χ2v) is 4.77. The molecule has 17 heavy (non-hydrogen) atoms. The average molecular weight is 254 g/mol. The fourth-order valence-electron chi connectivity index (χ4n) is 1.22. The van der Waals surface area contributed by atoms with Crippen molar-refractivity contribution in [3.05, 3.63) is 23.8 Å². The quantitative estimate of drug-likeness (QED) is 0.601. The predicted molar refractivity (Wildman–Crippen MR) is 73.4 cm³/mol. The Morgan fingerprint density at radius 2 is 2.29 bits per heavy atom. The van der Waals surface area contributed by atoms with Gasteiger partial charge in [0.15, 0.2) is 0 Å². The van der Waals surface area contributed by atoms with Crippen LogP contribution in [-0.2, 0) is 9.53 Å². The molecule has 0 saturated heterocycles. The largest absolute Gasteiger partial charge is 0.398 e. The Morgan fingerprint density at radius 3 is 2.94 bits per heavy atom. The molecule has 0 aliphatic rings. The maximum absolute atomic E-state index is 11.6. The zero-order valence-electron chi connectivity index (χ0n) is 10.2. The molecule has 1 amide bonds. The lowest BCUT2D eigenvalue weighted by Gasteiger charge is -2.07. The molecule has 1 rings (SSSR count). The van der Waals surface area contributed by atoms with Crippen LogP contribution in [0.3, 0.4) is 0 Å². The number of ether oxygens (including phenoxy) is 1. The molecule has 0 radical (unpaired) electrons. The van der Waals surface area contributed by atoms with Gasteiger partial charge in [-0.05, 0) is 24.6 Å². The van der Waals surface area contributed by atoms with E-state index in [4.69, 9.17) is 10.5 Å². The van der Waals surface area contributed by atoms with E-state index >= 15 is 0 Å². The van der Waals surface area contributed by atoms with E-state index in [-0.39, 0.29) is 5.91 Å². The SMILES string of the molecule is COCCSCC(=O)Nc1ccc(C)c(N)c1. The molecule has 1 aromatic rings. The highest BCUT2D eigenvalue weighted by Crippen LogP contribution is 2.17. The van der Waals surface area contributed by atoms with Gasteiger partial charge >= 0.3 is 0 Å². The van der Waals surface area contributed by atoms with Gasteiger partial charge in [-0.3, -0.25) is 4.79 Å². The Kier molecular flexibility index (Phi) is 5.86. The first-order valence-corrected chi connectivity index (χ1v) is 6.51. The van der Waals surface area contributed by atoms with Crippen LogP contribution in [0.15, 0.2) is 18.2 Å². The van der Waals surface area contributed by atoms with Crippen LogP contribution in [0, 0.1) is 6.92 Å². The standard InChI is InChI=1S/C12H18N2O2S/c1-9-3-4-10(7-11(9)13)14-12(15)8-17-6-5-16-2/h3-4,7H,5-6,8,13H2,1-2H3,(H,14,15). The zero-order chi connectivity index (χ0) is 12.7. The zero-order valence-corrected chi connectivity index (χ0v) is 11.0. The van der Waals surface area contributed by atoms with E-state index in [1.807, 2.05) is 19.1 Å². The summed E-state index contributed by atoms with van der Waals surface area (Å²) in [5.74, 6) is 1.23. The van der Waals surface area contributed by atoms with Crippen LogP contribution in [-0.4, -0.2) is 31.1 Å². The van der Waals surface area contributed by atoms with E-state index in [0.717, 1.165) is 17.0 Å². The van der Waals surface area contributed by atoms with Crippen LogP contribution < -0.4 is 11.1 Å². The summed E-state index contributed by atoms with van der Waals surface area (Å²) in [5.41, 5.74) is 8.21. The normalized spacial score (nSPS) is 10.2. The van der Waals surface area contributed by atoms with Crippen molar-refractivity contribution in [3.63, 3.8) is 0 Å². The summed E-state index contributed by atoms with van der Waals surface area (Å²) >= 11 is 1.54. The Bertz CT molecular complexity index is 383. The van der Waals surface area contributed by atoms with Crippen molar-refractivity contribution in [3.8, 4) is 0 Å². The van der Waals surface area contributed by atoms with Gasteiger partial charge in [0.25, 0.3) is 0 Å². The maximum Gasteiger partial charge on any atom is 0.234 e. The first-order valence-electron chi connectivity index (χ1n) is 5.36. The summed E-state index contributed by atoms with van der Waals surface area (Å²) in [5, 5.41) is 2.81. The Hall–Kier alpha value is -1.20. The van der Waals surface area contributed by atoms with Crippen molar-refractivity contribution in [1.29, 1.82) is 0 Å². The number of nitrogens with two attached hydrogens (primary N) is 1. The van der Waals surface area contributed by atoms with Crippen molar-refractivity contribution in [2.75, 3.05) is 36.3 Å². The van der Waals surface area contributed by atoms with Gasteiger partial charge in [-0.15, -0.1) is 11.8 Å². The number of nitrogens with one attached hydrogen (secondary N) is 1. The second kappa shape index (κ2) is 7.19. The highest BCUT2D eigenvalue weighted by Gasteiger charge is 2.03. The Labute approximate surface area is 106 Å². The van der Waals surface area contributed by atoms with E-state index in [1.165, 1.54) is 0 Å². The molecule has 0 aliphatic carbocycles. The molecule has 0 unspecified atom stereocenters. The lowest BCUT2D eigenvalue weighted by molar-refractivity contribution is -0.113. The number of rotatable bonds is 6. The molecule has 5 heteroatoms. The Morgan fingerprint density at radius 1 is 1.53 bits per heavy atom. The highest BCUT2D eigenvalue weighted by atomic mass is 32.2. The first kappa shape index (κ1) is 13.9. The highest BCUT2D eigenvalue weighted by molar-refractivity contribution is 7.99. The molecule has 0 heterocycles. The van der Waals surface area contributed by atoms with E-state index in [1.54, 1.807) is 24.9 Å². The molecule has 0 bridgehead atoms. The van der Waals surface area contributed by atoms with Gasteiger partial charge < -0.3 is 15.8 Å². The van der Waals surface area contributed by atoms with Crippen molar-refractivity contribution in [2.24, 2.45) is 0 Å². The lowest BCUT2D eigenvalue weighted by atomic mass is 10.2. The molecule has 0 fully saturated rings. The number of hydrogen-bond acceptors (Lipinski definition) is 4. The van der Waals surface area contributed by atoms with Crippen LogP contribution in [0.25, 0.3) is 0 Å². The lowest BCUT2D eigenvalue weighted by Crippen LogP contribution is -2.15. The van der Waals surface area contributed by atoms with Gasteiger partial charge in [-0.2, -0.15) is 0 Å². The number of carbonyl (C=O) groups excluding carboxylic acids is 1. The van der Waals surface area contributed by atoms with E-state index in [2.05, 4.69) is 5.32 Å². The molecule has 0 aromatic heterocycles. The minimum Gasteiger partial charge on any atom is -0.398 e. The van der Waals surface area contributed by atoms with Crippen LogP contribution in [0.5, 0.6) is 0 Å². The summed E-state index contributed by atoms with van der Waals surface area (Å²) < 4.78 is 4.90. The minimum absolute atomic E-state index is 0.0191. The number of hydrogen-bond donors (Lipinski definition) is 2. The summed E-state index contributed by atoms with van der Waals surface area (Å²) in [4.78, 5) is 11.6. The van der Waals surface area contributed by atoms with Gasteiger partial charge in [0.2, 0.25) is 5.91 Å². The molecule has 4 nitrogen and oxygen atoms in total. The van der Waals surface area contributed by atoms with Gasteiger partial charge in [0, 0.05) is 24.2 Å².